The van der Waals surface area contributed by atoms with Gasteiger partial charge in [-0.25, -0.2) is 0 Å². The topological polar surface area (TPSA) is 27.7 Å². The second kappa shape index (κ2) is 12.0. The maximum Gasteiger partial charge on any atom is 0.282 e. The molecule has 0 spiro atoms. The summed E-state index contributed by atoms with van der Waals surface area (Å²) < 4.78 is 16.0. The van der Waals surface area contributed by atoms with E-state index in [1.165, 1.54) is 60.4 Å². The summed E-state index contributed by atoms with van der Waals surface area (Å²) in [6.07, 6.45) is 12.5. The Morgan fingerprint density at radius 1 is 0.750 bits per heavy atom. The van der Waals surface area contributed by atoms with Crippen molar-refractivity contribution in [1.82, 2.24) is 0 Å². The zero-order chi connectivity index (χ0) is 20.2. The van der Waals surface area contributed by atoms with Crippen LogP contribution in [0.25, 0.3) is 16.8 Å². The second-order valence-electron chi connectivity index (χ2n) is 7.42. The molecule has 0 aromatic heterocycles. The third kappa shape index (κ3) is 6.73. The Balaban J connectivity index is 1.59. The van der Waals surface area contributed by atoms with Gasteiger partial charge in [-0.05, 0) is 47.2 Å². The number of hydrogen-bond acceptors (Lipinski definition) is 3. The molecule has 0 fully saturated rings. The first kappa shape index (κ1) is 22.6. The number of rotatable bonds is 14. The molecule has 3 heteroatoms. The van der Waals surface area contributed by atoms with E-state index >= 15 is 0 Å². The molecule has 2 aromatic carbocycles. The highest BCUT2D eigenvalue weighted by molar-refractivity contribution is 5.85. The van der Waals surface area contributed by atoms with Crippen LogP contribution in [0.5, 0.6) is 0 Å². The molecule has 2 rings (SSSR count). The van der Waals surface area contributed by atoms with Gasteiger partial charge in [0.1, 0.15) is 0 Å². The minimum Gasteiger partial charge on any atom is -0.331 e. The van der Waals surface area contributed by atoms with Crippen molar-refractivity contribution in [3.05, 3.63) is 54.1 Å². The van der Waals surface area contributed by atoms with Crippen molar-refractivity contribution in [2.24, 2.45) is 0 Å². The van der Waals surface area contributed by atoms with Crippen molar-refractivity contribution >= 4 is 16.8 Å². The summed E-state index contributed by atoms with van der Waals surface area (Å²) in [5.74, 6) is -0.868. The van der Waals surface area contributed by atoms with Crippen LogP contribution in [0.2, 0.25) is 0 Å². The van der Waals surface area contributed by atoms with Gasteiger partial charge < -0.3 is 14.2 Å². The largest absolute Gasteiger partial charge is 0.331 e. The smallest absolute Gasteiger partial charge is 0.282 e. The van der Waals surface area contributed by atoms with Gasteiger partial charge in [0.05, 0.1) is 0 Å². The summed E-state index contributed by atoms with van der Waals surface area (Å²) in [5.41, 5.74) is 2.62. The molecular weight excluding hydrogens is 348 g/mol. The number of hydrogen-bond donors (Lipinski definition) is 0. The molecule has 2 aromatic rings. The Bertz CT molecular complexity index is 711. The molecule has 0 saturated carbocycles. The van der Waals surface area contributed by atoms with Gasteiger partial charge in [0, 0.05) is 27.8 Å². The molecule has 0 bridgehead atoms. The molecule has 0 saturated heterocycles. The zero-order valence-corrected chi connectivity index (χ0v) is 17.8. The highest BCUT2D eigenvalue weighted by Crippen LogP contribution is 2.22. The summed E-state index contributed by atoms with van der Waals surface area (Å²) in [6, 6.07) is 13.4. The Kier molecular flexibility index (Phi) is 9.69. The second-order valence-corrected chi connectivity index (χ2v) is 7.42. The molecule has 28 heavy (non-hydrogen) atoms. The third-order valence-electron chi connectivity index (χ3n) is 5.55. The van der Waals surface area contributed by atoms with Crippen LogP contribution >= 0.6 is 0 Å². The molecule has 0 aliphatic heterocycles. The van der Waals surface area contributed by atoms with Crippen LogP contribution in [-0.2, 0) is 20.6 Å². The Morgan fingerprint density at radius 3 is 1.96 bits per heavy atom. The summed E-state index contributed by atoms with van der Waals surface area (Å²) in [5, 5.41) is 2.61. The molecule has 0 atom stereocenters. The first-order valence-corrected chi connectivity index (χ1v) is 10.5. The average molecular weight is 385 g/mol. The minimum absolute atomic E-state index is 0.771. The van der Waals surface area contributed by atoms with Crippen LogP contribution < -0.4 is 0 Å². The Labute approximate surface area is 170 Å². The van der Waals surface area contributed by atoms with Gasteiger partial charge in [0.25, 0.3) is 5.97 Å². The van der Waals surface area contributed by atoms with E-state index in [0.717, 1.165) is 19.3 Å². The summed E-state index contributed by atoms with van der Waals surface area (Å²) in [7, 11) is 4.88. The highest BCUT2D eigenvalue weighted by Gasteiger charge is 2.28. The van der Waals surface area contributed by atoms with Crippen LogP contribution in [0.3, 0.4) is 0 Å². The molecule has 0 radical (unpaired) electrons. The average Bonchev–Trinajstić information content (AvgIpc) is 2.75. The molecule has 0 unspecified atom stereocenters. The lowest BCUT2D eigenvalue weighted by atomic mass is 10.00. The number of ether oxygens (including phenoxy) is 3. The van der Waals surface area contributed by atoms with Gasteiger partial charge in [-0.1, -0.05) is 75.1 Å². The van der Waals surface area contributed by atoms with Gasteiger partial charge in [-0.15, -0.1) is 0 Å². The van der Waals surface area contributed by atoms with Crippen molar-refractivity contribution in [3.8, 4) is 0 Å². The van der Waals surface area contributed by atoms with E-state index in [0.29, 0.717) is 0 Å². The molecule has 0 aliphatic rings. The molecule has 0 heterocycles. The third-order valence-corrected chi connectivity index (χ3v) is 5.55. The van der Waals surface area contributed by atoms with E-state index in [1.54, 1.807) is 21.3 Å². The van der Waals surface area contributed by atoms with Crippen molar-refractivity contribution in [2.75, 3.05) is 21.3 Å². The van der Waals surface area contributed by atoms with Gasteiger partial charge in [-0.2, -0.15) is 0 Å². The lowest BCUT2D eigenvalue weighted by Gasteiger charge is -2.28. The standard InChI is InChI=1S/C25H36O3/c1-5-21-14-16-24-20-22(15-17-23(24)19-21)13-11-9-7-6-8-10-12-18-25(26-2,27-3)28-4/h5,14-17,19-20H,1,6-13,18H2,2-4H3. The zero-order valence-electron chi connectivity index (χ0n) is 17.8. The molecule has 0 amide bonds. The summed E-state index contributed by atoms with van der Waals surface area (Å²) >= 11 is 0. The Morgan fingerprint density at radius 2 is 1.32 bits per heavy atom. The Hall–Kier alpha value is -1.68. The first-order chi connectivity index (χ1) is 13.7. The number of unbranched alkanes of at least 4 members (excludes halogenated alkanes) is 6. The summed E-state index contributed by atoms with van der Waals surface area (Å²) in [4.78, 5) is 0. The van der Waals surface area contributed by atoms with E-state index in [4.69, 9.17) is 14.2 Å². The van der Waals surface area contributed by atoms with Crippen LogP contribution in [0.1, 0.15) is 62.5 Å². The molecule has 0 aliphatic carbocycles. The van der Waals surface area contributed by atoms with Crippen LogP contribution in [-0.4, -0.2) is 27.3 Å². The number of methoxy groups -OCH3 is 3. The van der Waals surface area contributed by atoms with Crippen molar-refractivity contribution in [2.45, 2.75) is 63.8 Å². The number of fused-ring (bicyclic) bond motifs is 1. The van der Waals surface area contributed by atoms with E-state index in [2.05, 4.69) is 43.0 Å². The van der Waals surface area contributed by atoms with Crippen LogP contribution in [0, 0.1) is 0 Å². The van der Waals surface area contributed by atoms with E-state index in [1.807, 2.05) is 6.08 Å². The minimum atomic E-state index is -0.868. The number of benzene rings is 2. The quantitative estimate of drug-likeness (QED) is 0.267. The van der Waals surface area contributed by atoms with Gasteiger partial charge in [-0.3, -0.25) is 0 Å². The van der Waals surface area contributed by atoms with Crippen molar-refractivity contribution in [3.63, 3.8) is 0 Å². The van der Waals surface area contributed by atoms with Crippen molar-refractivity contribution < 1.29 is 14.2 Å². The maximum absolute atomic E-state index is 5.33. The van der Waals surface area contributed by atoms with Crippen LogP contribution in [0.4, 0.5) is 0 Å². The van der Waals surface area contributed by atoms with Crippen molar-refractivity contribution in [1.29, 1.82) is 0 Å². The predicted octanol–water partition coefficient (Wildman–Crippen LogP) is 6.74. The first-order valence-electron chi connectivity index (χ1n) is 10.5. The fourth-order valence-electron chi connectivity index (χ4n) is 3.71. The van der Waals surface area contributed by atoms with Gasteiger partial charge >= 0.3 is 0 Å². The van der Waals surface area contributed by atoms with E-state index in [-0.39, 0.29) is 0 Å². The fraction of sp³-hybridized carbons (Fsp3) is 0.520. The molecule has 3 nitrogen and oxygen atoms in total. The lowest BCUT2D eigenvalue weighted by Crippen LogP contribution is -2.35. The predicted molar refractivity (Wildman–Crippen MR) is 118 cm³/mol. The van der Waals surface area contributed by atoms with Gasteiger partial charge in [0.2, 0.25) is 0 Å². The molecule has 0 N–H and O–H groups in total. The van der Waals surface area contributed by atoms with E-state index < -0.39 is 5.97 Å². The lowest BCUT2D eigenvalue weighted by molar-refractivity contribution is -0.355. The monoisotopic (exact) mass is 384 g/mol. The van der Waals surface area contributed by atoms with E-state index in [9.17, 15) is 0 Å². The van der Waals surface area contributed by atoms with Gasteiger partial charge in [0.15, 0.2) is 0 Å². The summed E-state index contributed by atoms with van der Waals surface area (Å²) in [6.45, 7) is 3.84. The highest BCUT2D eigenvalue weighted by atomic mass is 16.9. The molecular formula is C25H36O3. The maximum atomic E-state index is 5.33. The fourth-order valence-corrected chi connectivity index (χ4v) is 3.71. The molecule has 154 valence electrons. The normalized spacial score (nSPS) is 11.8. The number of aryl methyl sites for hydroxylation is 1. The SMILES string of the molecule is C=Cc1ccc2cc(CCCCCCCCCC(OC)(OC)OC)ccc2c1. The van der Waals surface area contributed by atoms with Crippen LogP contribution in [0.15, 0.2) is 43.0 Å².